The fourth-order valence-corrected chi connectivity index (χ4v) is 2.93. The first-order valence-corrected chi connectivity index (χ1v) is 8.59. The van der Waals surface area contributed by atoms with Gasteiger partial charge in [-0.3, -0.25) is 4.79 Å². The Kier molecular flexibility index (Phi) is 5.71. The number of amides is 1. The molecule has 142 valence electrons. The third kappa shape index (κ3) is 4.43. The van der Waals surface area contributed by atoms with Crippen molar-refractivity contribution in [2.75, 3.05) is 26.9 Å². The van der Waals surface area contributed by atoms with Gasteiger partial charge in [0.15, 0.2) is 18.1 Å². The van der Waals surface area contributed by atoms with Crippen molar-refractivity contribution >= 4 is 23.5 Å². The van der Waals surface area contributed by atoms with Crippen LogP contribution in [0.4, 0.5) is 0 Å². The number of rotatable bonds is 6. The number of carbonyl (C=O) groups is 2. The highest BCUT2D eigenvalue weighted by molar-refractivity contribution is 6.30. The van der Waals surface area contributed by atoms with Crippen molar-refractivity contribution in [3.63, 3.8) is 0 Å². The first-order valence-electron chi connectivity index (χ1n) is 8.21. The van der Waals surface area contributed by atoms with Crippen LogP contribution in [0.5, 0.6) is 17.2 Å². The zero-order valence-electron chi connectivity index (χ0n) is 14.6. The summed E-state index contributed by atoms with van der Waals surface area (Å²) >= 11 is 5.97. The number of methoxy groups -OCH3 is 1. The number of hydrogen-bond donors (Lipinski definition) is 1. The van der Waals surface area contributed by atoms with E-state index in [0.29, 0.717) is 47.5 Å². The van der Waals surface area contributed by atoms with Crippen LogP contribution in [0.25, 0.3) is 0 Å². The zero-order valence-corrected chi connectivity index (χ0v) is 15.4. The van der Waals surface area contributed by atoms with Crippen molar-refractivity contribution in [3.05, 3.63) is 52.5 Å². The van der Waals surface area contributed by atoms with Gasteiger partial charge in [-0.15, -0.1) is 0 Å². The predicted octanol–water partition coefficient (Wildman–Crippen LogP) is 2.85. The molecular formula is C19H18ClNO6. The number of carboxylic acid groups (broad SMARTS) is 1. The van der Waals surface area contributed by atoms with E-state index in [1.165, 1.54) is 7.11 Å². The molecule has 0 radical (unpaired) electrons. The van der Waals surface area contributed by atoms with Crippen LogP contribution < -0.4 is 14.2 Å². The Morgan fingerprint density at radius 3 is 2.81 bits per heavy atom. The minimum Gasteiger partial charge on any atom is -0.493 e. The van der Waals surface area contributed by atoms with Gasteiger partial charge in [0.05, 0.1) is 19.2 Å². The summed E-state index contributed by atoms with van der Waals surface area (Å²) in [6.45, 7) is 0.664. The third-order valence-corrected chi connectivity index (χ3v) is 4.27. The topological polar surface area (TPSA) is 85.3 Å². The summed E-state index contributed by atoms with van der Waals surface area (Å²) in [7, 11) is 1.47. The van der Waals surface area contributed by atoms with E-state index >= 15 is 0 Å². The zero-order chi connectivity index (χ0) is 19.4. The van der Waals surface area contributed by atoms with Gasteiger partial charge in [0.1, 0.15) is 12.4 Å². The molecule has 0 spiro atoms. The number of ether oxygens (including phenoxy) is 3. The molecule has 1 heterocycles. The van der Waals surface area contributed by atoms with Gasteiger partial charge in [-0.2, -0.15) is 0 Å². The molecule has 1 amide bonds. The van der Waals surface area contributed by atoms with E-state index in [1.807, 2.05) is 0 Å². The van der Waals surface area contributed by atoms with Crippen molar-refractivity contribution in [2.24, 2.45) is 0 Å². The number of halogens is 1. The van der Waals surface area contributed by atoms with Crippen molar-refractivity contribution in [3.8, 4) is 17.2 Å². The van der Waals surface area contributed by atoms with E-state index in [4.69, 9.17) is 30.9 Å². The van der Waals surface area contributed by atoms with Gasteiger partial charge in [0, 0.05) is 11.6 Å². The van der Waals surface area contributed by atoms with E-state index in [-0.39, 0.29) is 5.91 Å². The van der Waals surface area contributed by atoms with Crippen molar-refractivity contribution in [2.45, 2.75) is 6.54 Å². The molecule has 7 nitrogen and oxygen atoms in total. The van der Waals surface area contributed by atoms with Crippen LogP contribution in [0.3, 0.4) is 0 Å². The van der Waals surface area contributed by atoms with Crippen LogP contribution in [0.1, 0.15) is 15.9 Å². The second-order valence-electron chi connectivity index (χ2n) is 5.88. The molecule has 2 aromatic carbocycles. The third-order valence-electron chi connectivity index (χ3n) is 4.03. The quantitative estimate of drug-likeness (QED) is 0.815. The molecule has 0 unspecified atom stereocenters. The van der Waals surface area contributed by atoms with Gasteiger partial charge in [-0.1, -0.05) is 17.7 Å². The molecule has 3 rings (SSSR count). The molecule has 0 bridgehead atoms. The smallest absolute Gasteiger partial charge is 0.341 e. The summed E-state index contributed by atoms with van der Waals surface area (Å²) in [6, 6.07) is 10.1. The van der Waals surface area contributed by atoms with Crippen LogP contribution in [-0.2, 0) is 11.3 Å². The Morgan fingerprint density at radius 1 is 1.26 bits per heavy atom. The fraction of sp³-hybridized carbons (Fsp3) is 0.263. The Balaban J connectivity index is 1.79. The molecule has 0 saturated carbocycles. The maximum atomic E-state index is 12.8. The van der Waals surface area contributed by atoms with Crippen LogP contribution in [0, 0.1) is 0 Å². The first kappa shape index (κ1) is 18.8. The Labute approximate surface area is 161 Å². The summed E-state index contributed by atoms with van der Waals surface area (Å²) in [5.41, 5.74) is 1.28. The molecule has 2 aromatic rings. The molecule has 8 heteroatoms. The number of nitrogens with zero attached hydrogens (tertiary/aromatic N) is 1. The highest BCUT2D eigenvalue weighted by Gasteiger charge is 2.24. The molecular weight excluding hydrogens is 374 g/mol. The molecule has 0 saturated heterocycles. The standard InChI is InChI=1S/C19H18ClNO6/c1-25-17-8-12(2-5-15(17)27-11-18(22)23)10-21-6-7-26-16-9-13(20)3-4-14(16)19(21)24/h2-5,8-9H,6-7,10-11H2,1H3,(H,22,23). The van der Waals surface area contributed by atoms with Crippen LogP contribution in [0.2, 0.25) is 5.02 Å². The van der Waals surface area contributed by atoms with Gasteiger partial charge in [-0.25, -0.2) is 4.79 Å². The molecule has 1 aliphatic heterocycles. The molecule has 1 aliphatic rings. The average Bonchev–Trinajstić information content (AvgIpc) is 2.79. The molecule has 0 atom stereocenters. The van der Waals surface area contributed by atoms with Gasteiger partial charge in [0.2, 0.25) is 0 Å². The first-order chi connectivity index (χ1) is 13.0. The number of carboxylic acids is 1. The minimum absolute atomic E-state index is 0.149. The molecule has 0 aliphatic carbocycles. The summed E-state index contributed by atoms with van der Waals surface area (Å²) in [5.74, 6) is -0.0157. The van der Waals surface area contributed by atoms with Crippen molar-refractivity contribution < 1.29 is 28.9 Å². The normalized spacial score (nSPS) is 13.4. The van der Waals surface area contributed by atoms with Crippen LogP contribution in [-0.4, -0.2) is 48.8 Å². The van der Waals surface area contributed by atoms with Crippen molar-refractivity contribution in [1.29, 1.82) is 0 Å². The van der Waals surface area contributed by atoms with E-state index in [1.54, 1.807) is 41.3 Å². The van der Waals surface area contributed by atoms with Crippen LogP contribution >= 0.6 is 11.6 Å². The number of carbonyl (C=O) groups excluding carboxylic acids is 1. The van der Waals surface area contributed by atoms with Gasteiger partial charge >= 0.3 is 5.97 Å². The average molecular weight is 392 g/mol. The van der Waals surface area contributed by atoms with E-state index < -0.39 is 12.6 Å². The minimum atomic E-state index is -1.07. The lowest BCUT2D eigenvalue weighted by atomic mass is 10.1. The largest absolute Gasteiger partial charge is 0.493 e. The van der Waals surface area contributed by atoms with E-state index in [2.05, 4.69) is 0 Å². The van der Waals surface area contributed by atoms with Gasteiger partial charge in [0.25, 0.3) is 5.91 Å². The number of aliphatic carboxylic acids is 1. The lowest BCUT2D eigenvalue weighted by Crippen LogP contribution is -2.31. The van der Waals surface area contributed by atoms with Gasteiger partial charge in [-0.05, 0) is 35.9 Å². The maximum Gasteiger partial charge on any atom is 0.341 e. The molecule has 27 heavy (non-hydrogen) atoms. The summed E-state index contributed by atoms with van der Waals surface area (Å²) < 4.78 is 16.1. The summed E-state index contributed by atoms with van der Waals surface area (Å²) in [5, 5.41) is 9.24. The van der Waals surface area contributed by atoms with Crippen LogP contribution in [0.15, 0.2) is 36.4 Å². The predicted molar refractivity (Wildman–Crippen MR) is 97.8 cm³/mol. The molecule has 0 fully saturated rings. The number of hydrogen-bond acceptors (Lipinski definition) is 5. The second kappa shape index (κ2) is 8.18. The Hall–Kier alpha value is -2.93. The Bertz CT molecular complexity index is 869. The lowest BCUT2D eigenvalue weighted by molar-refractivity contribution is -0.139. The highest BCUT2D eigenvalue weighted by atomic mass is 35.5. The molecule has 1 N–H and O–H groups in total. The SMILES string of the molecule is COc1cc(CN2CCOc3cc(Cl)ccc3C2=O)ccc1OCC(=O)O. The highest BCUT2D eigenvalue weighted by Crippen LogP contribution is 2.30. The lowest BCUT2D eigenvalue weighted by Gasteiger charge is -2.21. The van der Waals surface area contributed by atoms with Gasteiger partial charge < -0.3 is 24.2 Å². The van der Waals surface area contributed by atoms with E-state index in [0.717, 1.165) is 5.56 Å². The fourth-order valence-electron chi connectivity index (χ4n) is 2.77. The maximum absolute atomic E-state index is 12.8. The number of benzene rings is 2. The Morgan fingerprint density at radius 2 is 2.07 bits per heavy atom. The number of fused-ring (bicyclic) bond motifs is 1. The second-order valence-corrected chi connectivity index (χ2v) is 6.32. The molecule has 0 aromatic heterocycles. The summed E-state index contributed by atoms with van der Waals surface area (Å²) in [6.07, 6.45) is 0. The van der Waals surface area contributed by atoms with Crippen molar-refractivity contribution in [1.82, 2.24) is 4.90 Å². The summed E-state index contributed by atoms with van der Waals surface area (Å²) in [4.78, 5) is 25.2. The van der Waals surface area contributed by atoms with E-state index in [9.17, 15) is 9.59 Å². The monoisotopic (exact) mass is 391 g/mol.